The predicted molar refractivity (Wildman–Crippen MR) is 123 cm³/mol. The van der Waals surface area contributed by atoms with E-state index in [1.807, 2.05) is 18.2 Å². The molecule has 0 amide bonds. The van der Waals surface area contributed by atoms with Crippen LogP contribution in [0.1, 0.15) is 43.7 Å². The molecule has 2 heterocycles. The normalized spacial score (nSPS) is 21.2. The number of benzene rings is 1. The molecule has 2 aliphatic rings. The smallest absolute Gasteiger partial charge is 0.194 e. The van der Waals surface area contributed by atoms with Gasteiger partial charge in [0.15, 0.2) is 5.96 Å². The van der Waals surface area contributed by atoms with Gasteiger partial charge in [-0.05, 0) is 56.3 Å². The number of aliphatic hydroxyl groups is 1. The second-order valence-corrected chi connectivity index (χ2v) is 7.56. The fraction of sp³-hybridized carbons (Fsp3) is 0.667. The van der Waals surface area contributed by atoms with Crippen molar-refractivity contribution in [3.05, 3.63) is 35.4 Å². The number of piperidine rings is 1. The van der Waals surface area contributed by atoms with Crippen molar-refractivity contribution >= 4 is 29.9 Å². The standard InChI is InChI=1S/C21H34N4O.HI/c1-2-22-21(23-14-19-8-4-5-9-20(19)17-26)25-13-10-18(16-25)15-24-11-6-3-7-12-24;/h4-5,8-9,18,26H,2-3,6-7,10-17H2,1H3,(H,22,23);1H. The quantitative estimate of drug-likeness (QED) is 0.369. The van der Waals surface area contributed by atoms with Crippen LogP contribution in [0.5, 0.6) is 0 Å². The van der Waals surface area contributed by atoms with Crippen LogP contribution >= 0.6 is 24.0 Å². The number of aliphatic imine (C=N–C) groups is 1. The molecule has 2 saturated heterocycles. The van der Waals surface area contributed by atoms with E-state index >= 15 is 0 Å². The first-order valence-electron chi connectivity index (χ1n) is 10.2. The first-order valence-corrected chi connectivity index (χ1v) is 10.2. The highest BCUT2D eigenvalue weighted by Gasteiger charge is 2.26. The lowest BCUT2D eigenvalue weighted by Crippen LogP contribution is -2.41. The molecule has 0 radical (unpaired) electrons. The van der Waals surface area contributed by atoms with Crippen LogP contribution in [0.25, 0.3) is 0 Å². The minimum absolute atomic E-state index is 0. The molecule has 0 aromatic heterocycles. The minimum Gasteiger partial charge on any atom is -0.392 e. The van der Waals surface area contributed by atoms with E-state index in [1.54, 1.807) is 0 Å². The van der Waals surface area contributed by atoms with Crippen LogP contribution in [0.15, 0.2) is 29.3 Å². The van der Waals surface area contributed by atoms with Gasteiger partial charge in [-0.3, -0.25) is 0 Å². The molecule has 5 nitrogen and oxygen atoms in total. The number of rotatable bonds is 6. The van der Waals surface area contributed by atoms with E-state index in [4.69, 9.17) is 4.99 Å². The Morgan fingerprint density at radius 3 is 2.59 bits per heavy atom. The number of halogens is 1. The van der Waals surface area contributed by atoms with Crippen molar-refractivity contribution < 1.29 is 5.11 Å². The molecule has 1 aromatic carbocycles. The molecular formula is C21H35IN4O. The van der Waals surface area contributed by atoms with E-state index in [1.165, 1.54) is 45.3 Å². The number of hydrogen-bond acceptors (Lipinski definition) is 3. The average molecular weight is 486 g/mol. The SMILES string of the molecule is CCNC(=NCc1ccccc1CO)N1CCC(CN2CCCCC2)C1.I. The van der Waals surface area contributed by atoms with Crippen molar-refractivity contribution in [3.63, 3.8) is 0 Å². The second kappa shape index (κ2) is 11.9. The van der Waals surface area contributed by atoms with Crippen LogP contribution in [0.2, 0.25) is 0 Å². The van der Waals surface area contributed by atoms with Gasteiger partial charge in [0.05, 0.1) is 13.2 Å². The Morgan fingerprint density at radius 2 is 1.89 bits per heavy atom. The van der Waals surface area contributed by atoms with E-state index in [0.29, 0.717) is 6.54 Å². The van der Waals surface area contributed by atoms with E-state index in [9.17, 15) is 5.11 Å². The first-order chi connectivity index (χ1) is 12.8. The third kappa shape index (κ3) is 6.61. The van der Waals surface area contributed by atoms with E-state index in [0.717, 1.165) is 42.6 Å². The van der Waals surface area contributed by atoms with Crippen LogP contribution in [0.3, 0.4) is 0 Å². The Hall–Kier alpha value is -0.860. The summed E-state index contributed by atoms with van der Waals surface area (Å²) in [5, 5.41) is 13.0. The van der Waals surface area contributed by atoms with Gasteiger partial charge in [0.1, 0.15) is 0 Å². The highest BCUT2D eigenvalue weighted by Crippen LogP contribution is 2.20. The molecule has 152 valence electrons. The van der Waals surface area contributed by atoms with Gasteiger partial charge in [-0.15, -0.1) is 24.0 Å². The van der Waals surface area contributed by atoms with Crippen molar-refractivity contribution in [2.45, 2.75) is 45.8 Å². The third-order valence-electron chi connectivity index (χ3n) is 5.57. The Balaban J connectivity index is 0.00000261. The molecule has 1 unspecified atom stereocenters. The van der Waals surface area contributed by atoms with Crippen LogP contribution in [-0.4, -0.2) is 60.1 Å². The van der Waals surface area contributed by atoms with Crippen LogP contribution in [0.4, 0.5) is 0 Å². The van der Waals surface area contributed by atoms with E-state index in [-0.39, 0.29) is 30.6 Å². The number of nitrogens with zero attached hydrogens (tertiary/aromatic N) is 3. The maximum absolute atomic E-state index is 9.51. The first kappa shape index (κ1) is 22.4. The van der Waals surface area contributed by atoms with Gasteiger partial charge in [-0.25, -0.2) is 4.99 Å². The molecule has 27 heavy (non-hydrogen) atoms. The predicted octanol–water partition coefficient (Wildman–Crippen LogP) is 3.07. The number of aliphatic hydroxyl groups excluding tert-OH is 1. The monoisotopic (exact) mass is 486 g/mol. The molecule has 1 atom stereocenters. The van der Waals surface area contributed by atoms with Crippen molar-refractivity contribution in [1.82, 2.24) is 15.1 Å². The molecule has 1 aromatic rings. The summed E-state index contributed by atoms with van der Waals surface area (Å²) in [7, 11) is 0. The summed E-state index contributed by atoms with van der Waals surface area (Å²) >= 11 is 0. The van der Waals surface area contributed by atoms with Crippen LogP contribution < -0.4 is 5.32 Å². The van der Waals surface area contributed by atoms with Crippen molar-refractivity contribution in [2.75, 3.05) is 39.3 Å². The minimum atomic E-state index is 0. The molecule has 2 fully saturated rings. The highest BCUT2D eigenvalue weighted by atomic mass is 127. The summed E-state index contributed by atoms with van der Waals surface area (Å²) in [6.07, 6.45) is 5.39. The van der Waals surface area contributed by atoms with Crippen LogP contribution in [0, 0.1) is 5.92 Å². The summed E-state index contributed by atoms with van der Waals surface area (Å²) in [6.45, 7) is 9.69. The van der Waals surface area contributed by atoms with Gasteiger partial charge < -0.3 is 20.2 Å². The lowest BCUT2D eigenvalue weighted by molar-refractivity contribution is 0.198. The van der Waals surface area contributed by atoms with E-state index in [2.05, 4.69) is 28.1 Å². The zero-order valence-electron chi connectivity index (χ0n) is 16.6. The Kier molecular flexibility index (Phi) is 9.86. The molecule has 2 aliphatic heterocycles. The number of hydrogen-bond donors (Lipinski definition) is 2. The Morgan fingerprint density at radius 1 is 1.15 bits per heavy atom. The highest BCUT2D eigenvalue weighted by molar-refractivity contribution is 14.0. The third-order valence-corrected chi connectivity index (χ3v) is 5.57. The fourth-order valence-corrected chi connectivity index (χ4v) is 4.13. The molecule has 2 N–H and O–H groups in total. The van der Waals surface area contributed by atoms with Gasteiger partial charge in [-0.2, -0.15) is 0 Å². The Bertz CT molecular complexity index is 589. The molecule has 3 rings (SSSR count). The zero-order chi connectivity index (χ0) is 18.2. The lowest BCUT2D eigenvalue weighted by atomic mass is 10.1. The summed E-state index contributed by atoms with van der Waals surface area (Å²) < 4.78 is 0. The number of nitrogens with one attached hydrogen (secondary N) is 1. The maximum Gasteiger partial charge on any atom is 0.194 e. The second-order valence-electron chi connectivity index (χ2n) is 7.56. The molecule has 0 saturated carbocycles. The average Bonchev–Trinajstić information content (AvgIpc) is 3.14. The van der Waals surface area contributed by atoms with Gasteiger partial charge in [-0.1, -0.05) is 30.7 Å². The fourth-order valence-electron chi connectivity index (χ4n) is 4.13. The van der Waals surface area contributed by atoms with Crippen molar-refractivity contribution in [3.8, 4) is 0 Å². The van der Waals surface area contributed by atoms with Gasteiger partial charge in [0.2, 0.25) is 0 Å². The van der Waals surface area contributed by atoms with Gasteiger partial charge >= 0.3 is 0 Å². The molecule has 6 heteroatoms. The van der Waals surface area contributed by atoms with Crippen molar-refractivity contribution in [1.29, 1.82) is 0 Å². The maximum atomic E-state index is 9.51. The topological polar surface area (TPSA) is 51.1 Å². The molecule has 0 aliphatic carbocycles. The summed E-state index contributed by atoms with van der Waals surface area (Å²) in [4.78, 5) is 9.93. The van der Waals surface area contributed by atoms with Gasteiger partial charge in [0.25, 0.3) is 0 Å². The van der Waals surface area contributed by atoms with Gasteiger partial charge in [0, 0.05) is 26.2 Å². The van der Waals surface area contributed by atoms with Crippen molar-refractivity contribution in [2.24, 2.45) is 10.9 Å². The van der Waals surface area contributed by atoms with E-state index < -0.39 is 0 Å². The largest absolute Gasteiger partial charge is 0.392 e. The zero-order valence-corrected chi connectivity index (χ0v) is 18.9. The molecule has 0 bridgehead atoms. The lowest BCUT2D eigenvalue weighted by Gasteiger charge is -2.29. The number of likely N-dealkylation sites (tertiary alicyclic amines) is 2. The summed E-state index contributed by atoms with van der Waals surface area (Å²) in [6, 6.07) is 8.01. The molecular weight excluding hydrogens is 451 g/mol. The summed E-state index contributed by atoms with van der Waals surface area (Å²) in [5.74, 6) is 1.77. The number of guanidine groups is 1. The summed E-state index contributed by atoms with van der Waals surface area (Å²) in [5.41, 5.74) is 2.07. The molecule has 0 spiro atoms. The van der Waals surface area contributed by atoms with Crippen LogP contribution in [-0.2, 0) is 13.2 Å². The Labute approximate surface area is 181 Å².